The van der Waals surface area contributed by atoms with Crippen LogP contribution in [0.25, 0.3) is 6.08 Å². The first-order chi connectivity index (χ1) is 6.27. The van der Waals surface area contributed by atoms with Crippen molar-refractivity contribution in [2.45, 2.75) is 6.10 Å². The summed E-state index contributed by atoms with van der Waals surface area (Å²) < 4.78 is 0. The van der Waals surface area contributed by atoms with Gasteiger partial charge in [-0.2, -0.15) is 0 Å². The molecule has 0 bridgehead atoms. The number of hydrogen-bond acceptors (Lipinski definition) is 2. The second kappa shape index (κ2) is 3.07. The molecule has 13 heavy (non-hydrogen) atoms. The minimum absolute atomic E-state index is 0.101. The van der Waals surface area contributed by atoms with Crippen molar-refractivity contribution in [2.75, 3.05) is 0 Å². The Labute approximate surface area is 76.5 Å². The Morgan fingerprint density at radius 1 is 1.08 bits per heavy atom. The summed E-state index contributed by atoms with van der Waals surface area (Å²) in [7, 11) is 0. The predicted molar refractivity (Wildman–Crippen MR) is 51.1 cm³/mol. The molecule has 66 valence electrons. The molecule has 0 amide bonds. The maximum atomic E-state index is 9.64. The highest BCUT2D eigenvalue weighted by Gasteiger charge is 2.10. The Bertz CT molecular complexity index is 377. The quantitative estimate of drug-likeness (QED) is 0.633. The highest BCUT2D eigenvalue weighted by atomic mass is 16.3. The first kappa shape index (κ1) is 8.08. The lowest BCUT2D eigenvalue weighted by atomic mass is 10.0. The van der Waals surface area contributed by atoms with Gasteiger partial charge in [0, 0.05) is 0 Å². The Morgan fingerprint density at radius 3 is 2.69 bits per heavy atom. The van der Waals surface area contributed by atoms with Gasteiger partial charge in [0.15, 0.2) is 0 Å². The van der Waals surface area contributed by atoms with Crippen molar-refractivity contribution in [3.05, 3.63) is 53.3 Å². The van der Waals surface area contributed by atoms with E-state index >= 15 is 0 Å². The summed E-state index contributed by atoms with van der Waals surface area (Å²) in [5, 5.41) is 18.9. The van der Waals surface area contributed by atoms with Crippen molar-refractivity contribution in [1.82, 2.24) is 0 Å². The number of allylic oxidation sites excluding steroid dienone is 1. The molecule has 1 aliphatic rings. The van der Waals surface area contributed by atoms with Gasteiger partial charge in [-0.1, -0.05) is 30.3 Å². The minimum atomic E-state index is -0.716. The van der Waals surface area contributed by atoms with E-state index in [1.54, 1.807) is 12.2 Å². The molecule has 2 heteroatoms. The molecule has 1 aromatic carbocycles. The SMILES string of the molecule is OC1=CC(O)c2ccccc2C=C1. The summed E-state index contributed by atoms with van der Waals surface area (Å²) in [5.74, 6) is 0.101. The monoisotopic (exact) mass is 174 g/mol. The molecule has 0 radical (unpaired) electrons. The Balaban J connectivity index is 2.55. The van der Waals surface area contributed by atoms with E-state index in [0.717, 1.165) is 11.1 Å². The second-order valence-electron chi connectivity index (χ2n) is 3.00. The lowest BCUT2D eigenvalue weighted by Gasteiger charge is -2.07. The zero-order chi connectivity index (χ0) is 9.26. The van der Waals surface area contributed by atoms with Gasteiger partial charge in [-0.05, 0) is 23.3 Å². The molecule has 1 unspecified atom stereocenters. The Hall–Kier alpha value is -1.54. The van der Waals surface area contributed by atoms with Crippen molar-refractivity contribution < 1.29 is 10.2 Å². The number of benzene rings is 1. The van der Waals surface area contributed by atoms with Crippen LogP contribution in [0.3, 0.4) is 0 Å². The fourth-order valence-corrected chi connectivity index (χ4v) is 1.41. The first-order valence-corrected chi connectivity index (χ1v) is 4.13. The van der Waals surface area contributed by atoms with Crippen molar-refractivity contribution in [2.24, 2.45) is 0 Å². The maximum Gasteiger partial charge on any atom is 0.114 e. The summed E-state index contributed by atoms with van der Waals surface area (Å²) in [6.45, 7) is 0. The van der Waals surface area contributed by atoms with Gasteiger partial charge in [-0.3, -0.25) is 0 Å². The first-order valence-electron chi connectivity index (χ1n) is 4.13. The average Bonchev–Trinajstić information content (AvgIpc) is 2.27. The lowest BCUT2D eigenvalue weighted by Crippen LogP contribution is -1.95. The van der Waals surface area contributed by atoms with Gasteiger partial charge in [0.2, 0.25) is 0 Å². The molecule has 2 rings (SSSR count). The van der Waals surface area contributed by atoms with Crippen molar-refractivity contribution in [1.29, 1.82) is 0 Å². The van der Waals surface area contributed by atoms with Crippen LogP contribution in [0.15, 0.2) is 42.2 Å². The zero-order valence-corrected chi connectivity index (χ0v) is 7.01. The fraction of sp³-hybridized carbons (Fsp3) is 0.0909. The van der Waals surface area contributed by atoms with E-state index < -0.39 is 6.10 Å². The lowest BCUT2D eigenvalue weighted by molar-refractivity contribution is 0.223. The van der Waals surface area contributed by atoms with E-state index in [1.165, 1.54) is 6.08 Å². The third-order valence-corrected chi connectivity index (χ3v) is 2.08. The molecule has 0 fully saturated rings. The van der Waals surface area contributed by atoms with Crippen LogP contribution in [0.2, 0.25) is 0 Å². The number of fused-ring (bicyclic) bond motifs is 1. The highest BCUT2D eigenvalue weighted by Crippen LogP contribution is 2.24. The third kappa shape index (κ3) is 1.48. The molecular formula is C11H10O2. The zero-order valence-electron chi connectivity index (χ0n) is 7.01. The molecule has 0 spiro atoms. The van der Waals surface area contributed by atoms with Crippen LogP contribution >= 0.6 is 0 Å². The maximum absolute atomic E-state index is 9.64. The van der Waals surface area contributed by atoms with Crippen molar-refractivity contribution >= 4 is 6.08 Å². The standard InChI is InChI=1S/C11H10O2/c12-9-6-5-8-3-1-2-4-10(8)11(13)7-9/h1-7,11-13H. The predicted octanol–water partition coefficient (Wildman–Crippen LogP) is 2.19. The van der Waals surface area contributed by atoms with E-state index in [-0.39, 0.29) is 5.76 Å². The van der Waals surface area contributed by atoms with Gasteiger partial charge >= 0.3 is 0 Å². The number of aliphatic hydroxyl groups excluding tert-OH is 2. The van der Waals surface area contributed by atoms with Crippen LogP contribution in [0, 0.1) is 0 Å². The van der Waals surface area contributed by atoms with E-state index in [4.69, 9.17) is 0 Å². The average molecular weight is 174 g/mol. The smallest absolute Gasteiger partial charge is 0.114 e. The normalized spacial score (nSPS) is 20.4. The van der Waals surface area contributed by atoms with Gasteiger partial charge in [0.25, 0.3) is 0 Å². The Kier molecular flexibility index (Phi) is 1.91. The van der Waals surface area contributed by atoms with Gasteiger partial charge in [-0.25, -0.2) is 0 Å². The van der Waals surface area contributed by atoms with Crippen molar-refractivity contribution in [3.63, 3.8) is 0 Å². The molecule has 2 N–H and O–H groups in total. The third-order valence-electron chi connectivity index (χ3n) is 2.08. The van der Waals surface area contributed by atoms with Crippen LogP contribution in [0.1, 0.15) is 17.2 Å². The van der Waals surface area contributed by atoms with Gasteiger partial charge in [0.05, 0.1) is 0 Å². The molecule has 1 aliphatic carbocycles. The topological polar surface area (TPSA) is 40.5 Å². The molecule has 0 saturated heterocycles. The molecule has 2 nitrogen and oxygen atoms in total. The van der Waals surface area contributed by atoms with Crippen LogP contribution in [0.4, 0.5) is 0 Å². The number of rotatable bonds is 0. The van der Waals surface area contributed by atoms with Gasteiger partial charge < -0.3 is 10.2 Å². The molecule has 0 heterocycles. The molecule has 0 saturated carbocycles. The van der Waals surface area contributed by atoms with Crippen LogP contribution in [-0.2, 0) is 0 Å². The van der Waals surface area contributed by atoms with Crippen LogP contribution in [0.5, 0.6) is 0 Å². The summed E-state index contributed by atoms with van der Waals surface area (Å²) in [5.41, 5.74) is 1.76. The van der Waals surface area contributed by atoms with Gasteiger partial charge in [-0.15, -0.1) is 0 Å². The van der Waals surface area contributed by atoms with Crippen molar-refractivity contribution in [3.8, 4) is 0 Å². The molecule has 1 atom stereocenters. The largest absolute Gasteiger partial charge is 0.508 e. The molecule has 1 aromatic rings. The minimum Gasteiger partial charge on any atom is -0.508 e. The highest BCUT2D eigenvalue weighted by molar-refractivity contribution is 5.59. The number of aliphatic hydroxyl groups is 2. The molecule has 0 aliphatic heterocycles. The summed E-state index contributed by atoms with van der Waals surface area (Å²) in [6, 6.07) is 7.52. The fourth-order valence-electron chi connectivity index (χ4n) is 1.41. The van der Waals surface area contributed by atoms with E-state index in [2.05, 4.69) is 0 Å². The second-order valence-corrected chi connectivity index (χ2v) is 3.00. The van der Waals surface area contributed by atoms with Gasteiger partial charge in [0.1, 0.15) is 11.9 Å². The summed E-state index contributed by atoms with van der Waals surface area (Å²) >= 11 is 0. The Morgan fingerprint density at radius 2 is 1.85 bits per heavy atom. The molecule has 0 aromatic heterocycles. The molecular weight excluding hydrogens is 164 g/mol. The summed E-state index contributed by atoms with van der Waals surface area (Å²) in [6.07, 6.45) is 4.07. The summed E-state index contributed by atoms with van der Waals surface area (Å²) in [4.78, 5) is 0. The van der Waals surface area contributed by atoms with E-state index in [1.807, 2.05) is 24.3 Å². The van der Waals surface area contributed by atoms with Crippen LogP contribution in [-0.4, -0.2) is 10.2 Å². The van der Waals surface area contributed by atoms with Crippen LogP contribution < -0.4 is 0 Å². The number of hydrogen-bond donors (Lipinski definition) is 2. The van der Waals surface area contributed by atoms with E-state index in [0.29, 0.717) is 0 Å². The van der Waals surface area contributed by atoms with E-state index in [9.17, 15) is 10.2 Å².